The molecule has 0 fully saturated rings. The van der Waals surface area contributed by atoms with E-state index in [0.29, 0.717) is 0 Å². The van der Waals surface area contributed by atoms with E-state index in [4.69, 9.17) is 4.74 Å². The van der Waals surface area contributed by atoms with E-state index in [-0.39, 0.29) is 12.1 Å². The lowest BCUT2D eigenvalue weighted by Gasteiger charge is -2.21. The predicted molar refractivity (Wildman–Crippen MR) is 87.4 cm³/mol. The summed E-state index contributed by atoms with van der Waals surface area (Å²) in [5.74, 6) is 0. The average molecular weight is 291 g/mol. The maximum Gasteiger partial charge on any atom is 0.407 e. The first kappa shape index (κ1) is 17.5. The van der Waals surface area contributed by atoms with Gasteiger partial charge in [0.05, 0.1) is 0 Å². The van der Waals surface area contributed by atoms with Crippen LogP contribution in [0.25, 0.3) is 0 Å². The van der Waals surface area contributed by atoms with Gasteiger partial charge in [-0.05, 0) is 52.5 Å². The van der Waals surface area contributed by atoms with E-state index in [1.165, 1.54) is 18.4 Å². The molecule has 3 heteroatoms. The van der Waals surface area contributed by atoms with Crippen LogP contribution in [0.15, 0.2) is 30.3 Å². The van der Waals surface area contributed by atoms with Gasteiger partial charge in [-0.15, -0.1) is 0 Å². The van der Waals surface area contributed by atoms with Crippen LogP contribution in [-0.2, 0) is 11.2 Å². The fraction of sp³-hybridized carbons (Fsp3) is 0.611. The normalized spacial score (nSPS) is 12.8. The van der Waals surface area contributed by atoms with Gasteiger partial charge in [-0.3, -0.25) is 0 Å². The maximum absolute atomic E-state index is 11.6. The fourth-order valence-electron chi connectivity index (χ4n) is 2.18. The van der Waals surface area contributed by atoms with Crippen molar-refractivity contribution in [3.63, 3.8) is 0 Å². The van der Waals surface area contributed by atoms with E-state index < -0.39 is 5.60 Å². The number of hydrogen-bond acceptors (Lipinski definition) is 2. The second kappa shape index (κ2) is 8.71. The fourth-order valence-corrected chi connectivity index (χ4v) is 2.18. The Morgan fingerprint density at radius 2 is 1.81 bits per heavy atom. The minimum Gasteiger partial charge on any atom is -0.444 e. The Balaban J connectivity index is 2.08. The summed E-state index contributed by atoms with van der Waals surface area (Å²) in [7, 11) is 0. The van der Waals surface area contributed by atoms with E-state index >= 15 is 0 Å². The van der Waals surface area contributed by atoms with E-state index in [0.717, 1.165) is 19.3 Å². The van der Waals surface area contributed by atoms with Crippen molar-refractivity contribution in [2.75, 3.05) is 0 Å². The quantitative estimate of drug-likeness (QED) is 0.739. The van der Waals surface area contributed by atoms with Crippen LogP contribution >= 0.6 is 0 Å². The minimum atomic E-state index is -0.431. The molecule has 0 aromatic heterocycles. The number of rotatable bonds is 7. The van der Waals surface area contributed by atoms with Crippen molar-refractivity contribution in [3.05, 3.63) is 35.9 Å². The van der Waals surface area contributed by atoms with Crippen LogP contribution in [0.2, 0.25) is 0 Å². The molecule has 1 rings (SSSR count). The zero-order valence-corrected chi connectivity index (χ0v) is 13.8. The molecule has 21 heavy (non-hydrogen) atoms. The van der Waals surface area contributed by atoms with Crippen molar-refractivity contribution in [3.8, 4) is 0 Å². The number of alkyl carbamates (subject to hydrolysis) is 1. The molecule has 118 valence electrons. The summed E-state index contributed by atoms with van der Waals surface area (Å²) in [6, 6.07) is 10.7. The second-order valence-corrected chi connectivity index (χ2v) is 6.63. The molecule has 0 spiro atoms. The molecule has 3 nitrogen and oxygen atoms in total. The summed E-state index contributed by atoms with van der Waals surface area (Å²) in [6.07, 6.45) is 5.32. The van der Waals surface area contributed by atoms with E-state index in [1.54, 1.807) is 0 Å². The van der Waals surface area contributed by atoms with Gasteiger partial charge in [0, 0.05) is 6.04 Å². The van der Waals surface area contributed by atoms with Crippen LogP contribution in [0.1, 0.15) is 58.9 Å². The lowest BCUT2D eigenvalue weighted by atomic mass is 10.0. The first-order valence-corrected chi connectivity index (χ1v) is 7.90. The molecule has 0 saturated heterocycles. The predicted octanol–water partition coefficient (Wildman–Crippen LogP) is 4.70. The molecular formula is C18H29NO2. The van der Waals surface area contributed by atoms with E-state index in [9.17, 15) is 4.79 Å². The summed E-state index contributed by atoms with van der Waals surface area (Å²) in [5, 5.41) is 2.88. The molecule has 1 atom stereocenters. The highest BCUT2D eigenvalue weighted by molar-refractivity contribution is 5.67. The molecule has 0 aliphatic rings. The third kappa shape index (κ3) is 9.11. The number of aryl methyl sites for hydroxylation is 1. The Morgan fingerprint density at radius 3 is 2.43 bits per heavy atom. The van der Waals surface area contributed by atoms with E-state index in [2.05, 4.69) is 29.6 Å². The Bertz CT molecular complexity index is 409. The largest absolute Gasteiger partial charge is 0.444 e. The van der Waals surface area contributed by atoms with Gasteiger partial charge >= 0.3 is 6.09 Å². The summed E-state index contributed by atoms with van der Waals surface area (Å²) in [5.41, 5.74) is 0.969. The molecule has 0 unspecified atom stereocenters. The molecule has 0 heterocycles. The summed E-state index contributed by atoms with van der Waals surface area (Å²) < 4.78 is 5.24. The number of carbonyl (C=O) groups is 1. The molecule has 1 amide bonds. The molecule has 1 aromatic carbocycles. The molecule has 0 saturated carbocycles. The van der Waals surface area contributed by atoms with Gasteiger partial charge in [0.1, 0.15) is 5.60 Å². The highest BCUT2D eigenvalue weighted by atomic mass is 16.6. The van der Waals surface area contributed by atoms with Gasteiger partial charge in [-0.25, -0.2) is 4.79 Å². The molecule has 0 aliphatic carbocycles. The van der Waals surface area contributed by atoms with Gasteiger partial charge in [0.25, 0.3) is 0 Å². The number of unbranched alkanes of at least 4 members (excludes halogenated alkanes) is 2. The molecule has 0 radical (unpaired) electrons. The number of ether oxygens (including phenoxy) is 1. The van der Waals surface area contributed by atoms with Gasteiger partial charge in [0.2, 0.25) is 0 Å². The van der Waals surface area contributed by atoms with Crippen LogP contribution in [0, 0.1) is 0 Å². The number of carbonyl (C=O) groups excluding carboxylic acids is 1. The third-order valence-electron chi connectivity index (χ3n) is 3.21. The smallest absolute Gasteiger partial charge is 0.407 e. The zero-order valence-electron chi connectivity index (χ0n) is 13.8. The Hall–Kier alpha value is -1.51. The van der Waals surface area contributed by atoms with Gasteiger partial charge < -0.3 is 10.1 Å². The van der Waals surface area contributed by atoms with Crippen LogP contribution in [0.4, 0.5) is 4.79 Å². The SMILES string of the molecule is C[C@@H](CCCCCc1ccccc1)NC(=O)OC(C)(C)C. The molecular weight excluding hydrogens is 262 g/mol. The second-order valence-electron chi connectivity index (χ2n) is 6.63. The standard InChI is InChI=1S/C18H29NO2/c1-15(19-17(20)21-18(2,3)4)11-7-5-8-12-16-13-9-6-10-14-16/h6,9-10,13-15H,5,7-8,11-12H2,1-4H3,(H,19,20)/t15-/m0/s1. The lowest BCUT2D eigenvalue weighted by Crippen LogP contribution is -2.37. The Labute approximate surface area is 129 Å². The zero-order chi connectivity index (χ0) is 15.7. The first-order valence-electron chi connectivity index (χ1n) is 7.90. The van der Waals surface area contributed by atoms with Crippen molar-refractivity contribution < 1.29 is 9.53 Å². The van der Waals surface area contributed by atoms with Crippen molar-refractivity contribution in [1.29, 1.82) is 0 Å². The number of hydrogen-bond donors (Lipinski definition) is 1. The van der Waals surface area contributed by atoms with Crippen molar-refractivity contribution in [2.24, 2.45) is 0 Å². The first-order chi connectivity index (χ1) is 9.87. The summed E-state index contributed by atoms with van der Waals surface area (Å²) in [4.78, 5) is 11.6. The van der Waals surface area contributed by atoms with Crippen LogP contribution in [0.5, 0.6) is 0 Å². The summed E-state index contributed by atoms with van der Waals surface area (Å²) >= 11 is 0. The molecule has 0 bridgehead atoms. The van der Waals surface area contributed by atoms with Crippen LogP contribution in [0.3, 0.4) is 0 Å². The van der Waals surface area contributed by atoms with E-state index in [1.807, 2.05) is 33.8 Å². The topological polar surface area (TPSA) is 38.3 Å². The highest BCUT2D eigenvalue weighted by Gasteiger charge is 2.17. The van der Waals surface area contributed by atoms with Gasteiger partial charge in [-0.2, -0.15) is 0 Å². The molecule has 1 aromatic rings. The van der Waals surface area contributed by atoms with Gasteiger partial charge in [-0.1, -0.05) is 43.2 Å². The van der Waals surface area contributed by atoms with Crippen molar-refractivity contribution >= 4 is 6.09 Å². The number of nitrogens with one attached hydrogen (secondary N) is 1. The third-order valence-corrected chi connectivity index (χ3v) is 3.21. The van der Waals surface area contributed by atoms with Crippen LogP contribution in [-0.4, -0.2) is 17.7 Å². The lowest BCUT2D eigenvalue weighted by molar-refractivity contribution is 0.0506. The number of benzene rings is 1. The van der Waals surface area contributed by atoms with Crippen molar-refractivity contribution in [2.45, 2.75) is 71.4 Å². The van der Waals surface area contributed by atoms with Crippen LogP contribution < -0.4 is 5.32 Å². The Morgan fingerprint density at radius 1 is 1.14 bits per heavy atom. The Kier molecular flexibility index (Phi) is 7.27. The highest BCUT2D eigenvalue weighted by Crippen LogP contribution is 2.10. The molecule has 0 aliphatic heterocycles. The van der Waals surface area contributed by atoms with Crippen molar-refractivity contribution in [1.82, 2.24) is 5.32 Å². The van der Waals surface area contributed by atoms with Gasteiger partial charge in [0.15, 0.2) is 0 Å². The minimum absolute atomic E-state index is 0.163. The summed E-state index contributed by atoms with van der Waals surface area (Å²) in [6.45, 7) is 7.66. The maximum atomic E-state index is 11.6. The molecule has 1 N–H and O–H groups in total. The average Bonchev–Trinajstić information content (AvgIpc) is 2.37. The monoisotopic (exact) mass is 291 g/mol. The number of amides is 1.